The number of nitrogens with zero attached hydrogens (tertiary/aromatic N) is 2. The summed E-state index contributed by atoms with van der Waals surface area (Å²) >= 11 is 0. The minimum absolute atomic E-state index is 0.494. The van der Waals surface area contributed by atoms with Crippen molar-refractivity contribution < 1.29 is 4.74 Å². The number of benzene rings is 2. The van der Waals surface area contributed by atoms with Crippen molar-refractivity contribution in [2.75, 3.05) is 20.2 Å². The quantitative estimate of drug-likeness (QED) is 0.801. The summed E-state index contributed by atoms with van der Waals surface area (Å²) in [5, 5.41) is 0. The summed E-state index contributed by atoms with van der Waals surface area (Å²) in [7, 11) is 1.71. The summed E-state index contributed by atoms with van der Waals surface area (Å²) in [4.78, 5) is 10.7. The third-order valence-electron chi connectivity index (χ3n) is 4.61. The number of nitrogens with one attached hydrogen (secondary N) is 1. The fraction of sp³-hybridized carbons (Fsp3) is 0.316. The Balaban J connectivity index is 1.46. The number of para-hydroxylation sites is 2. The maximum atomic E-state index is 5.31. The standard InChI is InChI=1S/C19H21N3O/c1-23-16-6-4-5-14(11-16)12-22-10-9-15(13-22)19-20-17-7-2-3-8-18(17)21-19/h2-8,11,15H,9-10,12-13H2,1H3,(H,20,21). The lowest BCUT2D eigenvalue weighted by Crippen LogP contribution is -2.20. The van der Waals surface area contributed by atoms with Gasteiger partial charge in [-0.05, 0) is 42.8 Å². The van der Waals surface area contributed by atoms with Gasteiger partial charge in [-0.15, -0.1) is 0 Å². The maximum Gasteiger partial charge on any atom is 0.119 e. The lowest BCUT2D eigenvalue weighted by molar-refractivity contribution is 0.325. The van der Waals surface area contributed by atoms with Crippen molar-refractivity contribution in [1.82, 2.24) is 14.9 Å². The van der Waals surface area contributed by atoms with Crippen molar-refractivity contribution in [3.63, 3.8) is 0 Å². The maximum absolute atomic E-state index is 5.31. The molecular formula is C19H21N3O. The number of fused-ring (bicyclic) bond motifs is 1. The average molecular weight is 307 g/mol. The van der Waals surface area contributed by atoms with Gasteiger partial charge in [0.2, 0.25) is 0 Å². The number of hydrogen-bond acceptors (Lipinski definition) is 3. The van der Waals surface area contributed by atoms with Gasteiger partial charge in [-0.1, -0.05) is 24.3 Å². The Kier molecular flexibility index (Phi) is 3.75. The molecule has 0 radical (unpaired) electrons. The summed E-state index contributed by atoms with van der Waals surface area (Å²) in [5.74, 6) is 2.54. The highest BCUT2D eigenvalue weighted by Crippen LogP contribution is 2.28. The van der Waals surface area contributed by atoms with E-state index in [-0.39, 0.29) is 0 Å². The Morgan fingerprint density at radius 1 is 1.22 bits per heavy atom. The van der Waals surface area contributed by atoms with Gasteiger partial charge >= 0.3 is 0 Å². The number of aromatic nitrogens is 2. The number of likely N-dealkylation sites (tertiary alicyclic amines) is 1. The van der Waals surface area contributed by atoms with Crippen LogP contribution >= 0.6 is 0 Å². The highest BCUT2D eigenvalue weighted by atomic mass is 16.5. The van der Waals surface area contributed by atoms with Gasteiger partial charge in [0, 0.05) is 19.0 Å². The molecule has 1 aliphatic heterocycles. The molecule has 0 amide bonds. The lowest BCUT2D eigenvalue weighted by atomic mass is 10.1. The second-order valence-corrected chi connectivity index (χ2v) is 6.21. The molecule has 1 N–H and O–H groups in total. The molecule has 0 aliphatic carbocycles. The van der Waals surface area contributed by atoms with Gasteiger partial charge in [-0.25, -0.2) is 4.98 Å². The normalized spacial score (nSPS) is 18.6. The zero-order chi connectivity index (χ0) is 15.6. The molecule has 0 spiro atoms. The van der Waals surface area contributed by atoms with Gasteiger partial charge in [-0.2, -0.15) is 0 Å². The first kappa shape index (κ1) is 14.3. The molecule has 118 valence electrons. The number of H-pyrrole nitrogens is 1. The smallest absolute Gasteiger partial charge is 0.119 e. The van der Waals surface area contributed by atoms with E-state index in [0.29, 0.717) is 5.92 Å². The summed E-state index contributed by atoms with van der Waals surface area (Å²) in [6.45, 7) is 3.13. The second-order valence-electron chi connectivity index (χ2n) is 6.21. The third-order valence-corrected chi connectivity index (χ3v) is 4.61. The van der Waals surface area contributed by atoms with E-state index < -0.39 is 0 Å². The van der Waals surface area contributed by atoms with Crippen LogP contribution in [0.4, 0.5) is 0 Å². The molecule has 23 heavy (non-hydrogen) atoms. The molecule has 3 aromatic rings. The average Bonchev–Trinajstić information content (AvgIpc) is 3.21. The SMILES string of the molecule is COc1cccc(CN2CCC(c3nc4ccccc4[nH]3)C2)c1. The van der Waals surface area contributed by atoms with E-state index >= 15 is 0 Å². The summed E-state index contributed by atoms with van der Waals surface area (Å²) < 4.78 is 5.31. The van der Waals surface area contributed by atoms with E-state index in [9.17, 15) is 0 Å². The van der Waals surface area contributed by atoms with E-state index in [0.717, 1.165) is 48.7 Å². The van der Waals surface area contributed by atoms with Crippen LogP contribution in [0.2, 0.25) is 0 Å². The molecule has 1 aromatic heterocycles. The molecule has 4 nitrogen and oxygen atoms in total. The Morgan fingerprint density at radius 2 is 2.13 bits per heavy atom. The first-order valence-corrected chi connectivity index (χ1v) is 8.12. The van der Waals surface area contributed by atoms with Crippen LogP contribution in [-0.4, -0.2) is 35.1 Å². The number of methoxy groups -OCH3 is 1. The summed E-state index contributed by atoms with van der Waals surface area (Å²) in [6, 6.07) is 16.6. The number of hydrogen-bond donors (Lipinski definition) is 1. The van der Waals surface area contributed by atoms with Gasteiger partial charge in [0.25, 0.3) is 0 Å². The number of aromatic amines is 1. The topological polar surface area (TPSA) is 41.1 Å². The summed E-state index contributed by atoms with van der Waals surface area (Å²) in [6.07, 6.45) is 1.16. The van der Waals surface area contributed by atoms with Gasteiger partial charge in [0.05, 0.1) is 18.1 Å². The molecule has 4 rings (SSSR count). The van der Waals surface area contributed by atoms with Crippen molar-refractivity contribution in [2.24, 2.45) is 0 Å². The van der Waals surface area contributed by atoms with Gasteiger partial charge in [0.1, 0.15) is 11.6 Å². The monoisotopic (exact) mass is 307 g/mol. The van der Waals surface area contributed by atoms with Crippen molar-refractivity contribution in [3.8, 4) is 5.75 Å². The summed E-state index contributed by atoms with van der Waals surface area (Å²) in [5.41, 5.74) is 3.50. The van der Waals surface area contributed by atoms with E-state index in [1.165, 1.54) is 5.56 Å². The fourth-order valence-corrected chi connectivity index (χ4v) is 3.39. The Hall–Kier alpha value is -2.33. The zero-order valence-corrected chi connectivity index (χ0v) is 13.3. The third kappa shape index (κ3) is 2.94. The molecule has 0 bridgehead atoms. The van der Waals surface area contributed by atoms with Crippen LogP contribution in [0.3, 0.4) is 0 Å². The molecule has 1 aliphatic rings. The van der Waals surface area contributed by atoms with Crippen molar-refractivity contribution in [2.45, 2.75) is 18.9 Å². The molecular weight excluding hydrogens is 286 g/mol. The van der Waals surface area contributed by atoms with Crippen molar-refractivity contribution >= 4 is 11.0 Å². The molecule has 1 saturated heterocycles. The molecule has 2 aromatic carbocycles. The van der Waals surface area contributed by atoms with Crippen LogP contribution in [0.15, 0.2) is 48.5 Å². The second kappa shape index (κ2) is 6.05. The van der Waals surface area contributed by atoms with Crippen molar-refractivity contribution in [3.05, 3.63) is 59.9 Å². The predicted octanol–water partition coefficient (Wildman–Crippen LogP) is 3.56. The van der Waals surface area contributed by atoms with Gasteiger partial charge in [-0.3, -0.25) is 4.90 Å². The number of ether oxygens (including phenoxy) is 1. The molecule has 0 saturated carbocycles. The molecule has 2 heterocycles. The number of rotatable bonds is 4. The van der Waals surface area contributed by atoms with Crippen LogP contribution in [0.25, 0.3) is 11.0 Å². The molecule has 1 fully saturated rings. The lowest BCUT2D eigenvalue weighted by Gasteiger charge is -2.16. The van der Waals surface area contributed by atoms with E-state index in [1.54, 1.807) is 7.11 Å². The highest BCUT2D eigenvalue weighted by Gasteiger charge is 2.26. The largest absolute Gasteiger partial charge is 0.497 e. The van der Waals surface area contributed by atoms with Crippen LogP contribution < -0.4 is 4.74 Å². The molecule has 4 heteroatoms. The minimum Gasteiger partial charge on any atom is -0.497 e. The first-order valence-electron chi connectivity index (χ1n) is 8.12. The van der Waals surface area contributed by atoms with Crippen LogP contribution in [-0.2, 0) is 6.54 Å². The Bertz CT molecular complexity index is 778. The Labute approximate surface area is 136 Å². The fourth-order valence-electron chi connectivity index (χ4n) is 3.39. The van der Waals surface area contributed by atoms with Gasteiger partial charge in [0.15, 0.2) is 0 Å². The minimum atomic E-state index is 0.494. The number of imidazole rings is 1. The zero-order valence-electron chi connectivity index (χ0n) is 13.3. The van der Waals surface area contributed by atoms with E-state index in [4.69, 9.17) is 9.72 Å². The van der Waals surface area contributed by atoms with Crippen LogP contribution in [0, 0.1) is 0 Å². The van der Waals surface area contributed by atoms with Crippen LogP contribution in [0.1, 0.15) is 23.7 Å². The molecule has 1 atom stereocenters. The van der Waals surface area contributed by atoms with Crippen molar-refractivity contribution in [1.29, 1.82) is 0 Å². The van der Waals surface area contributed by atoms with E-state index in [1.807, 2.05) is 18.2 Å². The highest BCUT2D eigenvalue weighted by molar-refractivity contribution is 5.74. The van der Waals surface area contributed by atoms with Gasteiger partial charge < -0.3 is 9.72 Å². The predicted molar refractivity (Wildman–Crippen MR) is 91.7 cm³/mol. The Morgan fingerprint density at radius 3 is 3.00 bits per heavy atom. The molecule has 1 unspecified atom stereocenters. The van der Waals surface area contributed by atoms with E-state index in [2.05, 4.69) is 40.2 Å². The first-order chi connectivity index (χ1) is 11.3. The van der Waals surface area contributed by atoms with Crippen LogP contribution in [0.5, 0.6) is 5.75 Å².